The number of rotatable bonds is 1. The van der Waals surface area contributed by atoms with Crippen molar-refractivity contribution >= 4 is 0 Å². The molecule has 1 aliphatic rings. The molecule has 0 aromatic heterocycles. The van der Waals surface area contributed by atoms with E-state index in [1.165, 1.54) is 12.2 Å². The second-order valence-electron chi connectivity index (χ2n) is 3.16. The average molecular weight is 188 g/mol. The summed E-state index contributed by atoms with van der Waals surface area (Å²) in [6.45, 7) is 5.07. The van der Waals surface area contributed by atoms with Crippen LogP contribution in [0.15, 0.2) is 36.5 Å². The monoisotopic (exact) mass is 188 g/mol. The van der Waals surface area contributed by atoms with Gasteiger partial charge in [0, 0.05) is 0 Å². The molecule has 0 aromatic carbocycles. The normalized spacial score (nSPS) is 28.5. The number of halogens is 3. The zero-order valence-corrected chi connectivity index (χ0v) is 7.31. The topological polar surface area (TPSA) is 0 Å². The molecule has 1 rings (SSSR count). The predicted molar refractivity (Wildman–Crippen MR) is 46.1 cm³/mol. The van der Waals surface area contributed by atoms with E-state index in [-0.39, 0.29) is 0 Å². The van der Waals surface area contributed by atoms with Crippen molar-refractivity contribution in [3.8, 4) is 0 Å². The van der Waals surface area contributed by atoms with Gasteiger partial charge in [0.25, 0.3) is 0 Å². The molecule has 0 radical (unpaired) electrons. The fourth-order valence-electron chi connectivity index (χ4n) is 1.40. The number of hydrogen-bond acceptors (Lipinski definition) is 0. The van der Waals surface area contributed by atoms with Crippen LogP contribution in [0.5, 0.6) is 0 Å². The summed E-state index contributed by atoms with van der Waals surface area (Å²) in [5.41, 5.74) is 0.757. The van der Waals surface area contributed by atoms with Crippen LogP contribution in [0.1, 0.15) is 6.92 Å². The first-order valence-electron chi connectivity index (χ1n) is 4.04. The summed E-state index contributed by atoms with van der Waals surface area (Å²) < 4.78 is 36.9. The van der Waals surface area contributed by atoms with Crippen LogP contribution in [0, 0.1) is 11.8 Å². The maximum atomic E-state index is 12.3. The Labute approximate surface area is 75.4 Å². The molecular weight excluding hydrogens is 177 g/mol. The first-order valence-corrected chi connectivity index (χ1v) is 4.04. The van der Waals surface area contributed by atoms with E-state index in [1.54, 1.807) is 19.1 Å². The minimum atomic E-state index is -4.14. The molecule has 72 valence electrons. The highest BCUT2D eigenvalue weighted by atomic mass is 19.4. The van der Waals surface area contributed by atoms with Gasteiger partial charge in [-0.3, -0.25) is 0 Å². The second kappa shape index (κ2) is 3.40. The van der Waals surface area contributed by atoms with Crippen molar-refractivity contribution in [1.29, 1.82) is 0 Å². The van der Waals surface area contributed by atoms with Gasteiger partial charge in [-0.05, 0) is 11.5 Å². The van der Waals surface area contributed by atoms with Gasteiger partial charge in [0.2, 0.25) is 0 Å². The highest BCUT2D eigenvalue weighted by molar-refractivity contribution is 5.33. The Bertz CT molecular complexity index is 258. The molecule has 0 N–H and O–H groups in total. The van der Waals surface area contributed by atoms with Crippen LogP contribution in [-0.2, 0) is 0 Å². The molecule has 0 bridgehead atoms. The molecule has 0 aromatic rings. The van der Waals surface area contributed by atoms with Crippen LogP contribution < -0.4 is 0 Å². The average Bonchev–Trinajstić information content (AvgIpc) is 2.01. The van der Waals surface area contributed by atoms with Crippen molar-refractivity contribution in [2.24, 2.45) is 11.8 Å². The molecule has 1 aliphatic carbocycles. The number of alkyl halides is 3. The Morgan fingerprint density at radius 1 is 1.46 bits per heavy atom. The van der Waals surface area contributed by atoms with Crippen LogP contribution in [0.3, 0.4) is 0 Å². The molecule has 0 nitrogen and oxygen atoms in total. The Morgan fingerprint density at radius 2 is 2.08 bits per heavy atom. The van der Waals surface area contributed by atoms with E-state index in [4.69, 9.17) is 0 Å². The van der Waals surface area contributed by atoms with Gasteiger partial charge in [-0.25, -0.2) is 0 Å². The summed E-state index contributed by atoms with van der Waals surface area (Å²) in [4.78, 5) is 0. The van der Waals surface area contributed by atoms with Gasteiger partial charge in [0.15, 0.2) is 0 Å². The minimum absolute atomic E-state index is 0.502. The summed E-state index contributed by atoms with van der Waals surface area (Å²) in [5.74, 6) is -1.85. The van der Waals surface area contributed by atoms with Gasteiger partial charge in [-0.1, -0.05) is 37.8 Å². The molecule has 0 aliphatic heterocycles. The van der Waals surface area contributed by atoms with Crippen molar-refractivity contribution < 1.29 is 13.2 Å². The van der Waals surface area contributed by atoms with E-state index in [0.717, 1.165) is 5.57 Å². The summed E-state index contributed by atoms with van der Waals surface area (Å²) in [5, 5.41) is 0. The molecule has 0 saturated carbocycles. The lowest BCUT2D eigenvalue weighted by molar-refractivity contribution is -0.169. The smallest absolute Gasteiger partial charge is 0.170 e. The van der Waals surface area contributed by atoms with Crippen LogP contribution in [-0.4, -0.2) is 6.18 Å². The van der Waals surface area contributed by atoms with E-state index in [0.29, 0.717) is 0 Å². The van der Waals surface area contributed by atoms with Crippen molar-refractivity contribution in [1.82, 2.24) is 0 Å². The molecule has 0 amide bonds. The van der Waals surface area contributed by atoms with Crippen LogP contribution in [0.2, 0.25) is 0 Å². The molecule has 3 heteroatoms. The molecule has 0 saturated heterocycles. The number of allylic oxidation sites excluding steroid dienone is 5. The van der Waals surface area contributed by atoms with E-state index in [9.17, 15) is 13.2 Å². The van der Waals surface area contributed by atoms with Crippen molar-refractivity contribution in [2.75, 3.05) is 0 Å². The molecular formula is C10H11F3. The lowest BCUT2D eigenvalue weighted by atomic mass is 9.87. The largest absolute Gasteiger partial charge is 0.395 e. The first kappa shape index (κ1) is 10.1. The van der Waals surface area contributed by atoms with E-state index in [1.807, 2.05) is 0 Å². The summed E-state index contributed by atoms with van der Waals surface area (Å²) in [7, 11) is 0. The van der Waals surface area contributed by atoms with Gasteiger partial charge in [-0.15, -0.1) is 0 Å². The molecule has 13 heavy (non-hydrogen) atoms. The molecule has 2 atom stereocenters. The Balaban J connectivity index is 2.83. The molecule has 0 fully saturated rings. The summed E-state index contributed by atoms with van der Waals surface area (Å²) >= 11 is 0. The van der Waals surface area contributed by atoms with Crippen molar-refractivity contribution in [2.45, 2.75) is 13.1 Å². The van der Waals surface area contributed by atoms with Gasteiger partial charge < -0.3 is 0 Å². The lowest BCUT2D eigenvalue weighted by Gasteiger charge is -2.24. The fraction of sp³-hybridized carbons (Fsp3) is 0.400. The minimum Gasteiger partial charge on any atom is -0.170 e. The van der Waals surface area contributed by atoms with E-state index < -0.39 is 18.0 Å². The van der Waals surface area contributed by atoms with Gasteiger partial charge in [-0.2, -0.15) is 13.2 Å². The Morgan fingerprint density at radius 3 is 2.46 bits per heavy atom. The zero-order chi connectivity index (χ0) is 10.1. The highest BCUT2D eigenvalue weighted by Crippen LogP contribution is 2.36. The van der Waals surface area contributed by atoms with Gasteiger partial charge >= 0.3 is 6.18 Å². The molecule has 2 unspecified atom stereocenters. The van der Waals surface area contributed by atoms with Gasteiger partial charge in [0.05, 0.1) is 5.92 Å². The Hall–Kier alpha value is -0.990. The van der Waals surface area contributed by atoms with Crippen LogP contribution in [0.25, 0.3) is 0 Å². The molecule has 0 spiro atoms. The third-order valence-electron chi connectivity index (χ3n) is 2.13. The zero-order valence-electron chi connectivity index (χ0n) is 7.31. The predicted octanol–water partition coefficient (Wildman–Crippen LogP) is 3.48. The SMILES string of the molecule is C=CC1=CC(C)C(C(F)(F)F)C=C1. The van der Waals surface area contributed by atoms with Gasteiger partial charge in [0.1, 0.15) is 0 Å². The number of hydrogen-bond donors (Lipinski definition) is 0. The quantitative estimate of drug-likeness (QED) is 0.591. The van der Waals surface area contributed by atoms with Crippen LogP contribution in [0.4, 0.5) is 13.2 Å². The fourth-order valence-corrected chi connectivity index (χ4v) is 1.40. The van der Waals surface area contributed by atoms with E-state index in [2.05, 4.69) is 6.58 Å². The second-order valence-corrected chi connectivity index (χ2v) is 3.16. The van der Waals surface area contributed by atoms with Crippen LogP contribution >= 0.6 is 0 Å². The third-order valence-corrected chi connectivity index (χ3v) is 2.13. The summed E-state index contributed by atoms with van der Waals surface area (Å²) in [6, 6.07) is 0. The summed E-state index contributed by atoms with van der Waals surface area (Å²) in [6.07, 6.45) is 1.66. The maximum Gasteiger partial charge on any atom is 0.395 e. The van der Waals surface area contributed by atoms with E-state index >= 15 is 0 Å². The third kappa shape index (κ3) is 2.23. The maximum absolute atomic E-state index is 12.3. The van der Waals surface area contributed by atoms with Crippen molar-refractivity contribution in [3.05, 3.63) is 36.5 Å². The highest BCUT2D eigenvalue weighted by Gasteiger charge is 2.41. The van der Waals surface area contributed by atoms with Crippen molar-refractivity contribution in [3.63, 3.8) is 0 Å². The standard InChI is InChI=1S/C10H11F3/c1-3-8-4-5-9(7(2)6-8)10(11,12)13/h3-7,9H,1H2,2H3. The lowest BCUT2D eigenvalue weighted by Crippen LogP contribution is -2.27. The Kier molecular flexibility index (Phi) is 2.64. The first-order chi connectivity index (χ1) is 5.95. The molecule has 0 heterocycles.